The van der Waals surface area contributed by atoms with E-state index in [1.165, 1.54) is 29.1 Å². The number of H-pyrrole nitrogens is 1. The Morgan fingerprint density at radius 3 is 2.87 bits per heavy atom. The topological polar surface area (TPSA) is 84.3 Å². The second kappa shape index (κ2) is 5.77. The van der Waals surface area contributed by atoms with Crippen LogP contribution in [0.3, 0.4) is 0 Å². The number of nitrogens with zero attached hydrogens (tertiary/aromatic N) is 2. The van der Waals surface area contributed by atoms with Gasteiger partial charge in [-0.2, -0.15) is 0 Å². The van der Waals surface area contributed by atoms with Crippen molar-refractivity contribution < 1.29 is 12.8 Å². The highest BCUT2D eigenvalue weighted by molar-refractivity contribution is 7.91. The first kappa shape index (κ1) is 15.7. The molecule has 1 atom stereocenters. The summed E-state index contributed by atoms with van der Waals surface area (Å²) in [6, 6.07) is 5.37. The van der Waals surface area contributed by atoms with Gasteiger partial charge in [0.05, 0.1) is 28.8 Å². The van der Waals surface area contributed by atoms with Gasteiger partial charge in [0.25, 0.3) is 5.56 Å². The van der Waals surface area contributed by atoms with Crippen molar-refractivity contribution in [3.63, 3.8) is 0 Å². The van der Waals surface area contributed by atoms with Crippen LogP contribution in [0.2, 0.25) is 0 Å². The largest absolute Gasteiger partial charge is 0.299 e. The standard InChI is InChI=1S/C15H16FN3O3S/c1-10-14(8-17-12-4-2-3-11(16)7-12)15(20)19(18-10)13-5-6-23(21,22)9-13/h2-4,7-8,13,18H,5-6,9H2,1H3/t13-/m1/s1. The molecule has 1 aliphatic rings. The normalized spacial score (nSPS) is 20.3. The summed E-state index contributed by atoms with van der Waals surface area (Å²) in [5.74, 6) is -0.346. The van der Waals surface area contributed by atoms with Crippen LogP contribution in [0.15, 0.2) is 34.1 Å². The van der Waals surface area contributed by atoms with Gasteiger partial charge >= 0.3 is 0 Å². The van der Waals surface area contributed by atoms with Crippen molar-refractivity contribution in [1.82, 2.24) is 9.78 Å². The zero-order chi connectivity index (χ0) is 16.6. The van der Waals surface area contributed by atoms with Crippen molar-refractivity contribution in [2.24, 2.45) is 4.99 Å². The van der Waals surface area contributed by atoms with Crippen LogP contribution in [0.1, 0.15) is 23.7 Å². The number of aryl methyl sites for hydroxylation is 1. The van der Waals surface area contributed by atoms with Crippen molar-refractivity contribution in [2.45, 2.75) is 19.4 Å². The molecule has 3 rings (SSSR count). The predicted octanol–water partition coefficient (Wildman–Crippen LogP) is 1.73. The van der Waals surface area contributed by atoms with Gasteiger partial charge in [0.2, 0.25) is 0 Å². The minimum absolute atomic E-state index is 0.0344. The molecule has 0 unspecified atom stereocenters. The van der Waals surface area contributed by atoms with Gasteiger partial charge in [-0.15, -0.1) is 0 Å². The fourth-order valence-electron chi connectivity index (χ4n) is 2.67. The minimum Gasteiger partial charge on any atom is -0.299 e. The Morgan fingerprint density at radius 2 is 2.22 bits per heavy atom. The van der Waals surface area contributed by atoms with E-state index in [0.29, 0.717) is 23.4 Å². The third kappa shape index (κ3) is 3.26. The lowest BCUT2D eigenvalue weighted by Crippen LogP contribution is -2.25. The molecule has 2 aromatic rings. The number of aromatic amines is 1. The summed E-state index contributed by atoms with van der Waals surface area (Å²) in [6.45, 7) is 1.72. The highest BCUT2D eigenvalue weighted by Crippen LogP contribution is 2.22. The Kier molecular flexibility index (Phi) is 3.93. The number of halogens is 1. The van der Waals surface area contributed by atoms with Gasteiger partial charge in [0, 0.05) is 11.9 Å². The van der Waals surface area contributed by atoms with Crippen LogP contribution < -0.4 is 5.56 Å². The van der Waals surface area contributed by atoms with Crippen molar-refractivity contribution in [3.05, 3.63) is 51.7 Å². The fraction of sp³-hybridized carbons (Fsp3) is 0.333. The number of hydrogen-bond donors (Lipinski definition) is 1. The molecular formula is C15H16FN3O3S. The first-order chi connectivity index (χ1) is 10.9. The number of hydrogen-bond acceptors (Lipinski definition) is 4. The summed E-state index contributed by atoms with van der Waals surface area (Å²) in [7, 11) is -3.08. The van der Waals surface area contributed by atoms with Crippen LogP contribution >= 0.6 is 0 Å². The molecule has 1 saturated heterocycles. The SMILES string of the molecule is Cc1[nH]n([C@@H]2CCS(=O)(=O)C2)c(=O)c1C=Nc1cccc(F)c1. The molecule has 23 heavy (non-hydrogen) atoms. The van der Waals surface area contributed by atoms with E-state index in [4.69, 9.17) is 0 Å². The average molecular weight is 337 g/mol. The van der Waals surface area contributed by atoms with Crippen LogP contribution in [0.5, 0.6) is 0 Å². The van der Waals surface area contributed by atoms with Crippen LogP contribution in [0.25, 0.3) is 0 Å². The maximum Gasteiger partial charge on any atom is 0.275 e. The maximum atomic E-state index is 13.1. The van der Waals surface area contributed by atoms with Crippen LogP contribution in [0, 0.1) is 12.7 Å². The second-order valence-electron chi connectivity index (χ2n) is 5.62. The van der Waals surface area contributed by atoms with Gasteiger partial charge in [-0.05, 0) is 31.5 Å². The molecule has 1 aromatic carbocycles. The first-order valence-corrected chi connectivity index (χ1v) is 8.99. The van der Waals surface area contributed by atoms with E-state index in [2.05, 4.69) is 10.1 Å². The highest BCUT2D eigenvalue weighted by atomic mass is 32.2. The number of aromatic nitrogens is 2. The Balaban J connectivity index is 1.91. The lowest BCUT2D eigenvalue weighted by molar-refractivity contribution is 0.483. The Labute approximate surface area is 132 Å². The molecular weight excluding hydrogens is 321 g/mol. The van der Waals surface area contributed by atoms with E-state index in [-0.39, 0.29) is 23.1 Å². The van der Waals surface area contributed by atoms with E-state index in [0.717, 1.165) is 0 Å². The molecule has 1 N–H and O–H groups in total. The van der Waals surface area contributed by atoms with E-state index in [1.807, 2.05) is 0 Å². The summed E-state index contributed by atoms with van der Waals surface area (Å²) in [5.41, 5.74) is 1.03. The second-order valence-corrected chi connectivity index (χ2v) is 7.85. The fourth-order valence-corrected chi connectivity index (χ4v) is 4.37. The number of sulfone groups is 1. The maximum absolute atomic E-state index is 13.1. The third-order valence-corrected chi connectivity index (χ3v) is 5.62. The van der Waals surface area contributed by atoms with Crippen molar-refractivity contribution in [2.75, 3.05) is 11.5 Å². The number of aliphatic imine (C=N–C) groups is 1. The van der Waals surface area contributed by atoms with Gasteiger partial charge in [-0.1, -0.05) is 6.07 Å². The lowest BCUT2D eigenvalue weighted by atomic mass is 10.2. The molecule has 1 aliphatic heterocycles. The summed E-state index contributed by atoms with van der Waals surface area (Å²) < 4.78 is 37.6. The molecule has 0 saturated carbocycles. The molecule has 0 bridgehead atoms. The Morgan fingerprint density at radius 1 is 1.43 bits per heavy atom. The molecule has 1 aromatic heterocycles. The molecule has 8 heteroatoms. The molecule has 2 heterocycles. The minimum atomic E-state index is -3.08. The smallest absolute Gasteiger partial charge is 0.275 e. The molecule has 0 amide bonds. The van der Waals surface area contributed by atoms with Crippen LogP contribution in [-0.2, 0) is 9.84 Å². The zero-order valence-electron chi connectivity index (χ0n) is 12.5. The Bertz CT molecular complexity index is 928. The van der Waals surface area contributed by atoms with Gasteiger partial charge in [0.1, 0.15) is 5.82 Å². The first-order valence-electron chi connectivity index (χ1n) is 7.17. The van der Waals surface area contributed by atoms with Crippen molar-refractivity contribution in [3.8, 4) is 0 Å². The van der Waals surface area contributed by atoms with Crippen LogP contribution in [0.4, 0.5) is 10.1 Å². The monoisotopic (exact) mass is 337 g/mol. The van der Waals surface area contributed by atoms with Gasteiger partial charge in [0.15, 0.2) is 9.84 Å². The van der Waals surface area contributed by atoms with Gasteiger partial charge < -0.3 is 0 Å². The zero-order valence-corrected chi connectivity index (χ0v) is 13.3. The lowest BCUT2D eigenvalue weighted by Gasteiger charge is -2.07. The molecule has 0 radical (unpaired) electrons. The van der Waals surface area contributed by atoms with E-state index in [1.54, 1.807) is 13.0 Å². The number of benzene rings is 1. The molecule has 122 valence electrons. The van der Waals surface area contributed by atoms with E-state index >= 15 is 0 Å². The summed E-state index contributed by atoms with van der Waals surface area (Å²) in [4.78, 5) is 16.6. The summed E-state index contributed by atoms with van der Waals surface area (Å²) in [5, 5.41) is 2.91. The Hall–Kier alpha value is -2.22. The van der Waals surface area contributed by atoms with E-state index < -0.39 is 15.7 Å². The molecule has 1 fully saturated rings. The van der Waals surface area contributed by atoms with Gasteiger partial charge in [-0.3, -0.25) is 14.9 Å². The number of nitrogens with one attached hydrogen (secondary N) is 1. The average Bonchev–Trinajstić information content (AvgIpc) is 2.97. The molecule has 6 nitrogen and oxygen atoms in total. The number of rotatable bonds is 3. The van der Waals surface area contributed by atoms with Crippen molar-refractivity contribution in [1.29, 1.82) is 0 Å². The highest BCUT2D eigenvalue weighted by Gasteiger charge is 2.31. The van der Waals surface area contributed by atoms with Crippen molar-refractivity contribution >= 4 is 21.7 Å². The van der Waals surface area contributed by atoms with Crippen LogP contribution in [-0.4, -0.2) is 35.9 Å². The van der Waals surface area contributed by atoms with Gasteiger partial charge in [-0.25, -0.2) is 17.5 Å². The third-order valence-electron chi connectivity index (χ3n) is 3.87. The molecule has 0 spiro atoms. The summed E-state index contributed by atoms with van der Waals surface area (Å²) in [6.07, 6.45) is 1.80. The van der Waals surface area contributed by atoms with E-state index in [9.17, 15) is 17.6 Å². The predicted molar refractivity (Wildman–Crippen MR) is 85.8 cm³/mol. The molecule has 0 aliphatic carbocycles. The quantitative estimate of drug-likeness (QED) is 0.866. The summed E-state index contributed by atoms with van der Waals surface area (Å²) >= 11 is 0.